The van der Waals surface area contributed by atoms with Crippen molar-refractivity contribution in [3.8, 4) is 5.75 Å². The minimum Gasteiger partial charge on any atom is -0.453 e. The first-order chi connectivity index (χ1) is 21.9. The number of benzene rings is 3. The molecule has 0 saturated carbocycles. The van der Waals surface area contributed by atoms with E-state index in [1.54, 1.807) is 17.0 Å². The summed E-state index contributed by atoms with van der Waals surface area (Å²) < 4.78 is 70.1. The van der Waals surface area contributed by atoms with E-state index in [-0.39, 0.29) is 30.6 Å². The van der Waals surface area contributed by atoms with Gasteiger partial charge in [-0.05, 0) is 60.1 Å². The Hall–Kier alpha value is -4.27. The third-order valence-corrected chi connectivity index (χ3v) is 10.5. The first-order valence-corrected chi connectivity index (χ1v) is 16.2. The molecule has 11 nitrogen and oxygen atoms in total. The second-order valence-corrected chi connectivity index (χ2v) is 13.1. The Morgan fingerprint density at radius 1 is 0.804 bits per heavy atom. The average Bonchev–Trinajstić information content (AvgIpc) is 3.74. The quantitative estimate of drug-likeness (QED) is 0.433. The Bertz CT molecular complexity index is 1770. The fourth-order valence-electron chi connectivity index (χ4n) is 7.46. The lowest BCUT2D eigenvalue weighted by Gasteiger charge is -2.32. The highest BCUT2D eigenvalue weighted by Gasteiger charge is 2.57. The molecule has 2 amide bonds. The van der Waals surface area contributed by atoms with Crippen molar-refractivity contribution in [1.82, 2.24) is 14.5 Å². The summed E-state index contributed by atoms with van der Waals surface area (Å²) in [6.45, 7) is 0.935. The van der Waals surface area contributed by atoms with Crippen LogP contribution in [0.25, 0.3) is 0 Å². The summed E-state index contributed by atoms with van der Waals surface area (Å²) in [6, 6.07) is 17.8. The predicted molar refractivity (Wildman–Crippen MR) is 162 cm³/mol. The normalized spacial score (nSPS) is 25.5. The number of hydrogen-bond donors (Lipinski definition) is 2. The van der Waals surface area contributed by atoms with Gasteiger partial charge >= 0.3 is 22.5 Å². The summed E-state index contributed by atoms with van der Waals surface area (Å²) in [5.41, 5.74) is 8.94. The third kappa shape index (κ3) is 5.23. The van der Waals surface area contributed by atoms with E-state index in [9.17, 15) is 26.8 Å². The van der Waals surface area contributed by atoms with Gasteiger partial charge in [-0.15, -0.1) is 0 Å². The van der Waals surface area contributed by atoms with Crippen LogP contribution in [-0.2, 0) is 43.7 Å². The fourth-order valence-corrected chi connectivity index (χ4v) is 8.67. The molecule has 3 aromatic rings. The van der Waals surface area contributed by atoms with Gasteiger partial charge in [0.05, 0.1) is 37.4 Å². The van der Waals surface area contributed by atoms with Crippen LogP contribution < -0.4 is 14.6 Å². The van der Waals surface area contributed by atoms with Gasteiger partial charge in [0.1, 0.15) is 0 Å². The molecular weight excluding hydrogens is 622 g/mol. The van der Waals surface area contributed by atoms with Gasteiger partial charge in [0.2, 0.25) is 5.75 Å². The molecule has 7 rings (SSSR count). The molecule has 4 aliphatic rings. The van der Waals surface area contributed by atoms with Crippen molar-refractivity contribution in [2.24, 2.45) is 5.73 Å². The minimum atomic E-state index is -4.63. The first-order valence-electron chi connectivity index (χ1n) is 14.8. The van der Waals surface area contributed by atoms with Crippen LogP contribution in [0.15, 0.2) is 66.7 Å². The lowest BCUT2D eigenvalue weighted by atomic mass is 9.89. The molecule has 2 heterocycles. The van der Waals surface area contributed by atoms with E-state index >= 15 is 0 Å². The van der Waals surface area contributed by atoms with Crippen molar-refractivity contribution < 1.29 is 40.4 Å². The van der Waals surface area contributed by atoms with Crippen LogP contribution in [0, 0.1) is 11.6 Å². The highest BCUT2D eigenvalue weighted by molar-refractivity contribution is 7.85. The summed E-state index contributed by atoms with van der Waals surface area (Å²) in [5.74, 6) is -3.29. The van der Waals surface area contributed by atoms with Crippen LogP contribution in [0.2, 0.25) is 0 Å². The van der Waals surface area contributed by atoms with Gasteiger partial charge in [-0.3, -0.25) is 0 Å². The molecule has 244 valence electrons. The van der Waals surface area contributed by atoms with Gasteiger partial charge in [-0.25, -0.2) is 18.4 Å². The Kier molecular flexibility index (Phi) is 8.15. The number of carbonyl (C=O) groups is 2. The summed E-state index contributed by atoms with van der Waals surface area (Å²) in [6.07, 6.45) is 1.46. The molecule has 0 bridgehead atoms. The van der Waals surface area contributed by atoms with E-state index in [2.05, 4.69) is 16.9 Å². The number of methoxy groups -OCH3 is 2. The number of ether oxygens (including phenoxy) is 2. The predicted octanol–water partition coefficient (Wildman–Crippen LogP) is 3.71. The number of nitrogens with two attached hydrogens (primary N) is 1. The standard InChI is InChI=1S/C19H18F2N2O5S.C13H16N2O2/c1-27-18(24)23-10-9-19(13-6-3-2-5-12(13)11-16(19)23)22-29(25,26)28-17-14(20)7-4-8-15(17)21;1-17-12(16)15-7-6-13(14)10-5-3-2-4-9(10)8-11(13)15/h2-8,16,22H,9-11H2,1H3;2-5,11H,6-8,14H2,1H3/t16-,19-;11-,13-/m00/s1. The number of hydrogen-bond acceptors (Lipinski definition) is 8. The molecule has 3 N–H and O–H groups in total. The third-order valence-electron chi connectivity index (χ3n) is 9.51. The number of nitrogens with zero attached hydrogens (tertiary/aromatic N) is 2. The molecule has 0 radical (unpaired) electrons. The lowest BCUT2D eigenvalue weighted by Crippen LogP contribution is -2.53. The molecule has 2 saturated heterocycles. The zero-order chi connectivity index (χ0) is 32.9. The molecule has 2 aliphatic carbocycles. The van der Waals surface area contributed by atoms with Crippen molar-refractivity contribution in [2.45, 2.75) is 48.8 Å². The molecule has 2 aliphatic heterocycles. The molecule has 0 aromatic heterocycles. The molecule has 46 heavy (non-hydrogen) atoms. The lowest BCUT2D eigenvalue weighted by molar-refractivity contribution is 0.112. The Labute approximate surface area is 265 Å². The van der Waals surface area contributed by atoms with Gasteiger partial charge in [0.15, 0.2) is 11.6 Å². The number of rotatable bonds is 4. The number of halogens is 2. The van der Waals surface area contributed by atoms with E-state index in [1.165, 1.54) is 30.2 Å². The number of likely N-dealkylation sites (tertiary alicyclic amines) is 2. The van der Waals surface area contributed by atoms with Crippen LogP contribution in [0.4, 0.5) is 18.4 Å². The van der Waals surface area contributed by atoms with Gasteiger partial charge in [0, 0.05) is 13.1 Å². The number of amides is 2. The van der Waals surface area contributed by atoms with E-state index in [4.69, 9.17) is 19.4 Å². The minimum absolute atomic E-state index is 0.0485. The van der Waals surface area contributed by atoms with Gasteiger partial charge < -0.3 is 29.2 Å². The molecule has 3 aromatic carbocycles. The van der Waals surface area contributed by atoms with Crippen molar-refractivity contribution in [3.63, 3.8) is 0 Å². The van der Waals surface area contributed by atoms with E-state index < -0.39 is 45.4 Å². The molecule has 2 fully saturated rings. The summed E-state index contributed by atoms with van der Waals surface area (Å²) in [5, 5.41) is 0. The number of carbonyl (C=O) groups excluding carboxylic acids is 2. The molecular formula is C32H34F2N4O7S. The zero-order valence-electron chi connectivity index (χ0n) is 25.2. The number of fused-ring (bicyclic) bond motifs is 6. The second kappa shape index (κ2) is 11.8. The number of para-hydroxylation sites is 1. The number of nitrogens with one attached hydrogen (secondary N) is 1. The van der Waals surface area contributed by atoms with E-state index in [0.717, 1.165) is 36.6 Å². The van der Waals surface area contributed by atoms with Crippen LogP contribution in [0.3, 0.4) is 0 Å². The second-order valence-electron chi connectivity index (χ2n) is 11.8. The maximum atomic E-state index is 13.9. The summed E-state index contributed by atoms with van der Waals surface area (Å²) >= 11 is 0. The van der Waals surface area contributed by atoms with Crippen molar-refractivity contribution in [3.05, 3.63) is 101 Å². The Morgan fingerprint density at radius 3 is 1.96 bits per heavy atom. The van der Waals surface area contributed by atoms with Crippen molar-refractivity contribution >= 4 is 22.5 Å². The summed E-state index contributed by atoms with van der Waals surface area (Å²) in [4.78, 5) is 27.1. The molecule has 14 heteroatoms. The van der Waals surface area contributed by atoms with E-state index in [0.29, 0.717) is 18.5 Å². The van der Waals surface area contributed by atoms with Crippen molar-refractivity contribution in [2.75, 3.05) is 27.3 Å². The maximum absolute atomic E-state index is 13.9. The molecule has 0 spiro atoms. The van der Waals surface area contributed by atoms with Gasteiger partial charge in [-0.2, -0.15) is 13.1 Å². The topological polar surface area (TPSA) is 140 Å². The molecule has 0 unspecified atom stereocenters. The largest absolute Gasteiger partial charge is 0.453 e. The zero-order valence-corrected chi connectivity index (χ0v) is 26.1. The smallest absolute Gasteiger partial charge is 0.409 e. The Morgan fingerprint density at radius 2 is 1.33 bits per heavy atom. The van der Waals surface area contributed by atoms with E-state index in [1.807, 2.05) is 24.3 Å². The highest BCUT2D eigenvalue weighted by atomic mass is 32.2. The maximum Gasteiger partial charge on any atom is 0.409 e. The first kappa shape index (κ1) is 31.7. The van der Waals surface area contributed by atoms with Gasteiger partial charge in [-0.1, -0.05) is 54.6 Å². The van der Waals surface area contributed by atoms with Gasteiger partial charge in [0.25, 0.3) is 0 Å². The Balaban J connectivity index is 0.000000185. The summed E-state index contributed by atoms with van der Waals surface area (Å²) in [7, 11) is -1.97. The van der Waals surface area contributed by atoms with Crippen LogP contribution in [-0.4, -0.2) is 69.8 Å². The monoisotopic (exact) mass is 656 g/mol. The van der Waals surface area contributed by atoms with Crippen LogP contribution in [0.1, 0.15) is 35.1 Å². The fraction of sp³-hybridized carbons (Fsp3) is 0.375. The van der Waals surface area contributed by atoms with Crippen molar-refractivity contribution in [1.29, 1.82) is 0 Å². The highest BCUT2D eigenvalue weighted by Crippen LogP contribution is 2.47. The molecule has 4 atom stereocenters. The van der Waals surface area contributed by atoms with Crippen LogP contribution in [0.5, 0.6) is 5.75 Å². The SMILES string of the molecule is COC(=O)N1CC[C@]2(N)c3ccccc3C[C@H]12.COC(=O)N1CC[C@]2(NS(=O)(=O)Oc3c(F)cccc3F)c3ccccc3C[C@H]12. The van der Waals surface area contributed by atoms with Crippen LogP contribution >= 0.6 is 0 Å². The average molecular weight is 657 g/mol.